The minimum atomic E-state index is -0.635. The highest BCUT2D eigenvalue weighted by Crippen LogP contribution is 2.15. The molecule has 28 heavy (non-hydrogen) atoms. The Bertz CT molecular complexity index is 1110. The molecule has 4 aromatic rings. The van der Waals surface area contributed by atoms with Gasteiger partial charge in [0.15, 0.2) is 5.69 Å². The minimum absolute atomic E-state index is 0.0922. The van der Waals surface area contributed by atoms with Crippen LogP contribution in [-0.4, -0.2) is 31.0 Å². The first-order valence-corrected chi connectivity index (χ1v) is 8.12. The molecule has 140 valence electrons. The second kappa shape index (κ2) is 7.35. The van der Waals surface area contributed by atoms with Crippen LogP contribution < -0.4 is 5.32 Å². The number of nitrogens with zero attached hydrogens (tertiary/aromatic N) is 5. The number of halogens is 2. The Morgan fingerprint density at radius 2 is 1.71 bits per heavy atom. The molecule has 0 radical (unpaired) electrons. The number of hydrogen-bond acceptors (Lipinski definition) is 6. The maximum absolute atomic E-state index is 13.0. The average Bonchev–Trinajstić information content (AvgIpc) is 3.35. The van der Waals surface area contributed by atoms with Crippen molar-refractivity contribution in [3.05, 3.63) is 77.8 Å². The maximum atomic E-state index is 13.0. The molecule has 0 atom stereocenters. The second-order valence-electron chi connectivity index (χ2n) is 5.81. The molecule has 1 N–H and O–H groups in total. The SMILES string of the molecule is O=C(Nc1ccc(F)cc1)c1nc(-c2cn(Cc3ccc(F)cc3)nn2)no1. The Morgan fingerprint density at radius 3 is 2.43 bits per heavy atom. The van der Waals surface area contributed by atoms with Gasteiger partial charge in [-0.05, 0) is 42.0 Å². The van der Waals surface area contributed by atoms with Crippen molar-refractivity contribution in [1.82, 2.24) is 25.1 Å². The third kappa shape index (κ3) is 3.90. The van der Waals surface area contributed by atoms with Gasteiger partial charge >= 0.3 is 11.8 Å². The first-order chi connectivity index (χ1) is 13.6. The van der Waals surface area contributed by atoms with Crippen LogP contribution in [0.25, 0.3) is 11.5 Å². The van der Waals surface area contributed by atoms with E-state index in [1.165, 1.54) is 41.1 Å². The molecular formula is C18H12F2N6O2. The number of carbonyl (C=O) groups is 1. The molecule has 0 aliphatic carbocycles. The Balaban J connectivity index is 1.45. The maximum Gasteiger partial charge on any atom is 0.316 e. The van der Waals surface area contributed by atoms with Gasteiger partial charge in [-0.1, -0.05) is 22.5 Å². The van der Waals surface area contributed by atoms with Gasteiger partial charge in [0.05, 0.1) is 12.7 Å². The number of nitrogens with one attached hydrogen (secondary N) is 1. The topological polar surface area (TPSA) is 98.7 Å². The zero-order chi connectivity index (χ0) is 19.5. The van der Waals surface area contributed by atoms with E-state index in [1.54, 1.807) is 18.3 Å². The van der Waals surface area contributed by atoms with E-state index >= 15 is 0 Å². The van der Waals surface area contributed by atoms with E-state index in [-0.39, 0.29) is 17.5 Å². The van der Waals surface area contributed by atoms with Gasteiger partial charge in [-0.3, -0.25) is 4.79 Å². The van der Waals surface area contributed by atoms with E-state index in [0.29, 0.717) is 17.9 Å². The third-order valence-corrected chi connectivity index (χ3v) is 3.75. The molecule has 10 heteroatoms. The third-order valence-electron chi connectivity index (χ3n) is 3.75. The number of rotatable bonds is 5. The van der Waals surface area contributed by atoms with Gasteiger partial charge in [0.2, 0.25) is 5.82 Å². The normalized spacial score (nSPS) is 10.8. The smallest absolute Gasteiger partial charge is 0.316 e. The van der Waals surface area contributed by atoms with Crippen LogP contribution in [0, 0.1) is 11.6 Å². The van der Waals surface area contributed by atoms with E-state index in [4.69, 9.17) is 4.52 Å². The van der Waals surface area contributed by atoms with E-state index in [9.17, 15) is 13.6 Å². The van der Waals surface area contributed by atoms with Gasteiger partial charge in [-0.15, -0.1) is 5.10 Å². The van der Waals surface area contributed by atoms with Crippen molar-refractivity contribution < 1.29 is 18.1 Å². The number of carbonyl (C=O) groups excluding carboxylic acids is 1. The fourth-order valence-corrected chi connectivity index (χ4v) is 2.39. The number of benzene rings is 2. The zero-order valence-corrected chi connectivity index (χ0v) is 14.2. The lowest BCUT2D eigenvalue weighted by molar-refractivity contribution is 0.0981. The summed E-state index contributed by atoms with van der Waals surface area (Å²) < 4.78 is 32.3. The van der Waals surface area contributed by atoms with E-state index in [0.717, 1.165) is 5.56 Å². The summed E-state index contributed by atoms with van der Waals surface area (Å²) in [4.78, 5) is 16.1. The number of anilines is 1. The fourth-order valence-electron chi connectivity index (χ4n) is 2.39. The van der Waals surface area contributed by atoms with Gasteiger partial charge in [0, 0.05) is 5.69 Å². The van der Waals surface area contributed by atoms with Crippen LogP contribution in [0.3, 0.4) is 0 Å². The predicted octanol–water partition coefficient (Wildman–Crippen LogP) is 2.91. The van der Waals surface area contributed by atoms with Crippen molar-refractivity contribution in [2.75, 3.05) is 5.32 Å². The van der Waals surface area contributed by atoms with Crippen molar-refractivity contribution >= 4 is 11.6 Å². The molecule has 0 bridgehead atoms. The highest BCUT2D eigenvalue weighted by molar-refractivity contribution is 6.01. The van der Waals surface area contributed by atoms with Crippen LogP contribution in [0.4, 0.5) is 14.5 Å². The molecule has 0 aliphatic rings. The number of aromatic nitrogens is 5. The molecule has 0 saturated carbocycles. The molecule has 1 amide bonds. The van der Waals surface area contributed by atoms with Crippen molar-refractivity contribution in [3.63, 3.8) is 0 Å². The summed E-state index contributed by atoms with van der Waals surface area (Å²) >= 11 is 0. The second-order valence-corrected chi connectivity index (χ2v) is 5.81. The summed E-state index contributed by atoms with van der Waals surface area (Å²) in [5, 5.41) is 14.1. The van der Waals surface area contributed by atoms with Crippen LogP contribution in [-0.2, 0) is 6.54 Å². The van der Waals surface area contributed by atoms with E-state index < -0.39 is 11.7 Å². The van der Waals surface area contributed by atoms with E-state index in [1.807, 2.05) is 0 Å². The number of amides is 1. The highest BCUT2D eigenvalue weighted by Gasteiger charge is 2.18. The summed E-state index contributed by atoms with van der Waals surface area (Å²) in [7, 11) is 0. The van der Waals surface area contributed by atoms with Crippen molar-refractivity contribution in [2.45, 2.75) is 6.54 Å². The van der Waals surface area contributed by atoms with Crippen LogP contribution >= 0.6 is 0 Å². The first-order valence-electron chi connectivity index (χ1n) is 8.12. The molecule has 0 aliphatic heterocycles. The van der Waals surface area contributed by atoms with Crippen LogP contribution in [0.1, 0.15) is 16.2 Å². The molecule has 8 nitrogen and oxygen atoms in total. The van der Waals surface area contributed by atoms with Crippen LogP contribution in [0.5, 0.6) is 0 Å². The lowest BCUT2D eigenvalue weighted by Gasteiger charge is -2.00. The van der Waals surface area contributed by atoms with E-state index in [2.05, 4.69) is 25.8 Å². The molecule has 0 fully saturated rings. The van der Waals surface area contributed by atoms with Gasteiger partial charge in [-0.2, -0.15) is 4.98 Å². The standard InChI is InChI=1S/C18H12F2N6O2/c19-12-3-1-11(2-4-12)9-26-10-15(23-25-26)16-22-18(28-24-16)17(27)21-14-7-5-13(20)6-8-14/h1-8,10H,9H2,(H,21,27). The van der Waals surface area contributed by atoms with Gasteiger partial charge in [0.1, 0.15) is 11.6 Å². The summed E-state index contributed by atoms with van der Waals surface area (Å²) in [5.74, 6) is -1.55. The lowest BCUT2D eigenvalue weighted by Crippen LogP contribution is -2.12. The predicted molar refractivity (Wildman–Crippen MR) is 93.2 cm³/mol. The summed E-state index contributed by atoms with van der Waals surface area (Å²) in [6, 6.07) is 11.3. The molecular weight excluding hydrogens is 370 g/mol. The molecule has 4 rings (SSSR count). The van der Waals surface area contributed by atoms with Crippen LogP contribution in [0.15, 0.2) is 59.3 Å². The van der Waals surface area contributed by atoms with Gasteiger partial charge < -0.3 is 9.84 Å². The lowest BCUT2D eigenvalue weighted by atomic mass is 10.2. The zero-order valence-electron chi connectivity index (χ0n) is 14.2. The highest BCUT2D eigenvalue weighted by atomic mass is 19.1. The van der Waals surface area contributed by atoms with Crippen molar-refractivity contribution in [2.24, 2.45) is 0 Å². The molecule has 0 spiro atoms. The minimum Gasteiger partial charge on any atom is -0.328 e. The Kier molecular flexibility index (Phi) is 4.58. The molecule has 0 saturated heterocycles. The Morgan fingerprint density at radius 1 is 1.04 bits per heavy atom. The summed E-state index contributed by atoms with van der Waals surface area (Å²) in [5.41, 5.74) is 1.54. The number of hydrogen-bond donors (Lipinski definition) is 1. The van der Waals surface area contributed by atoms with Gasteiger partial charge in [-0.25, -0.2) is 13.5 Å². The first kappa shape index (κ1) is 17.5. The van der Waals surface area contributed by atoms with Gasteiger partial charge in [0.25, 0.3) is 0 Å². The van der Waals surface area contributed by atoms with Crippen molar-refractivity contribution in [3.8, 4) is 11.5 Å². The molecule has 0 unspecified atom stereocenters. The fraction of sp³-hybridized carbons (Fsp3) is 0.0556. The largest absolute Gasteiger partial charge is 0.328 e. The van der Waals surface area contributed by atoms with Crippen molar-refractivity contribution in [1.29, 1.82) is 0 Å². The molecule has 2 heterocycles. The Labute approximate surface area is 156 Å². The molecule has 2 aromatic heterocycles. The quantitative estimate of drug-likeness (QED) is 0.570. The molecule has 2 aromatic carbocycles. The average molecular weight is 382 g/mol. The summed E-state index contributed by atoms with van der Waals surface area (Å²) in [6.45, 7) is 0.378. The summed E-state index contributed by atoms with van der Waals surface area (Å²) in [6.07, 6.45) is 1.58. The van der Waals surface area contributed by atoms with Crippen LogP contribution in [0.2, 0.25) is 0 Å². The Hall–Kier alpha value is -3.95. The monoisotopic (exact) mass is 382 g/mol.